The Morgan fingerprint density at radius 3 is 2.06 bits per heavy atom. The van der Waals surface area contributed by atoms with Gasteiger partial charge in [0.25, 0.3) is 0 Å². The average Bonchev–Trinajstić information content (AvgIpc) is 2.31. The van der Waals surface area contributed by atoms with Gasteiger partial charge in [-0.3, -0.25) is 0 Å². The molecule has 104 valence electrons. The molecule has 0 aromatic rings. The van der Waals surface area contributed by atoms with Gasteiger partial charge in [-0.1, -0.05) is 13.3 Å². The predicted molar refractivity (Wildman–Crippen MR) is 79.4 cm³/mol. The molecule has 4 heteroatoms. The number of likely N-dealkylation sites (tertiary alicyclic amines) is 1. The zero-order valence-corrected chi connectivity index (χ0v) is 13.1. The summed E-state index contributed by atoms with van der Waals surface area (Å²) in [4.78, 5) is 4.59. The number of rotatable bonds is 5. The van der Waals surface area contributed by atoms with Gasteiger partial charge in [-0.05, 0) is 45.9 Å². The number of alkyl halides is 2. The van der Waals surface area contributed by atoms with Crippen molar-refractivity contribution in [2.45, 2.75) is 26.2 Å². The molecule has 0 saturated carbocycles. The zero-order chi connectivity index (χ0) is 13.1. The van der Waals surface area contributed by atoms with Gasteiger partial charge < -0.3 is 9.80 Å². The number of halogens is 2. The molecule has 1 saturated heterocycles. The normalized spacial score (nSPS) is 18.7. The monoisotopic (exact) mass is 282 g/mol. The Labute approximate surface area is 117 Å². The fourth-order valence-electron chi connectivity index (χ4n) is 1.97. The van der Waals surface area contributed by atoms with E-state index in [1.807, 2.05) is 0 Å². The lowest BCUT2D eigenvalue weighted by atomic mass is 10.1. The van der Waals surface area contributed by atoms with E-state index < -0.39 is 0 Å². The van der Waals surface area contributed by atoms with Crippen LogP contribution in [-0.2, 0) is 0 Å². The largest absolute Gasteiger partial charge is 0.309 e. The lowest BCUT2D eigenvalue weighted by molar-refractivity contribution is 0.241. The smallest absolute Gasteiger partial charge is 0.0351 e. The summed E-state index contributed by atoms with van der Waals surface area (Å²) in [5.41, 5.74) is 0. The van der Waals surface area contributed by atoms with E-state index in [1.54, 1.807) is 0 Å². The highest BCUT2D eigenvalue weighted by Crippen LogP contribution is 2.07. The molecule has 0 spiro atoms. The molecule has 17 heavy (non-hydrogen) atoms. The minimum atomic E-state index is 0.617. The standard InChI is InChI=1S/C7H14ClN.C6H14ClN/c8-4-7-9-5-2-1-3-6-9;1-6(4-7)5-8(2)3/h1-7H2;6H,4-5H2,1-3H3. The van der Waals surface area contributed by atoms with Crippen molar-refractivity contribution in [3.63, 3.8) is 0 Å². The Kier molecular flexibility index (Phi) is 11.9. The molecule has 0 bridgehead atoms. The highest BCUT2D eigenvalue weighted by Gasteiger charge is 2.07. The molecule has 1 aliphatic rings. The third-order valence-corrected chi connectivity index (χ3v) is 3.49. The third-order valence-electron chi connectivity index (χ3n) is 2.79. The molecule has 1 heterocycles. The summed E-state index contributed by atoms with van der Waals surface area (Å²) in [6, 6.07) is 0. The van der Waals surface area contributed by atoms with Crippen LogP contribution in [0.4, 0.5) is 0 Å². The maximum atomic E-state index is 5.59. The molecule has 1 aliphatic heterocycles. The number of hydrogen-bond acceptors (Lipinski definition) is 2. The molecular weight excluding hydrogens is 255 g/mol. The highest BCUT2D eigenvalue weighted by atomic mass is 35.5. The maximum absolute atomic E-state index is 5.59. The van der Waals surface area contributed by atoms with Gasteiger partial charge >= 0.3 is 0 Å². The van der Waals surface area contributed by atoms with Gasteiger partial charge in [0, 0.05) is 24.8 Å². The average molecular weight is 283 g/mol. The van der Waals surface area contributed by atoms with Crippen LogP contribution in [0, 0.1) is 5.92 Å². The van der Waals surface area contributed by atoms with E-state index >= 15 is 0 Å². The van der Waals surface area contributed by atoms with Crippen molar-refractivity contribution in [3.8, 4) is 0 Å². The van der Waals surface area contributed by atoms with E-state index in [4.69, 9.17) is 23.2 Å². The Balaban J connectivity index is 0.000000304. The molecule has 2 nitrogen and oxygen atoms in total. The summed E-state index contributed by atoms with van der Waals surface area (Å²) in [6.07, 6.45) is 4.16. The first-order valence-corrected chi connectivity index (χ1v) is 7.66. The van der Waals surface area contributed by atoms with Crippen molar-refractivity contribution >= 4 is 23.2 Å². The quantitative estimate of drug-likeness (QED) is 0.715. The Morgan fingerprint density at radius 1 is 1.12 bits per heavy atom. The van der Waals surface area contributed by atoms with Gasteiger partial charge in [-0.2, -0.15) is 0 Å². The highest BCUT2D eigenvalue weighted by molar-refractivity contribution is 6.18. The Bertz CT molecular complexity index is 157. The van der Waals surface area contributed by atoms with E-state index in [0.29, 0.717) is 5.92 Å². The van der Waals surface area contributed by atoms with Gasteiger partial charge in [-0.25, -0.2) is 0 Å². The van der Waals surface area contributed by atoms with Crippen LogP contribution in [0.15, 0.2) is 0 Å². The van der Waals surface area contributed by atoms with Crippen LogP contribution in [0.3, 0.4) is 0 Å². The van der Waals surface area contributed by atoms with Crippen molar-refractivity contribution in [2.24, 2.45) is 5.92 Å². The Hall–Kier alpha value is 0.500. The van der Waals surface area contributed by atoms with Crippen LogP contribution < -0.4 is 0 Å². The fraction of sp³-hybridized carbons (Fsp3) is 1.00. The summed E-state index contributed by atoms with van der Waals surface area (Å²) in [6.45, 7) is 6.86. The second-order valence-corrected chi connectivity index (χ2v) is 5.80. The Morgan fingerprint density at radius 2 is 1.71 bits per heavy atom. The molecule has 0 amide bonds. The van der Waals surface area contributed by atoms with Crippen molar-refractivity contribution in [1.82, 2.24) is 9.80 Å². The van der Waals surface area contributed by atoms with E-state index in [9.17, 15) is 0 Å². The zero-order valence-electron chi connectivity index (χ0n) is 11.6. The SMILES string of the molecule is CC(CCl)CN(C)C.ClCCN1CCCCC1. The van der Waals surface area contributed by atoms with Gasteiger partial charge in [-0.15, -0.1) is 23.2 Å². The lowest BCUT2D eigenvalue weighted by Crippen LogP contribution is -2.31. The molecule has 1 unspecified atom stereocenters. The van der Waals surface area contributed by atoms with Crippen LogP contribution in [0.25, 0.3) is 0 Å². The van der Waals surface area contributed by atoms with Crippen LogP contribution >= 0.6 is 23.2 Å². The second kappa shape index (κ2) is 11.6. The first-order chi connectivity index (χ1) is 8.10. The molecule has 0 aromatic heterocycles. The first kappa shape index (κ1) is 17.5. The third kappa shape index (κ3) is 11.3. The molecule has 1 fully saturated rings. The summed E-state index contributed by atoms with van der Waals surface area (Å²) < 4.78 is 0. The number of hydrogen-bond donors (Lipinski definition) is 0. The van der Waals surface area contributed by atoms with Crippen molar-refractivity contribution in [1.29, 1.82) is 0 Å². The maximum Gasteiger partial charge on any atom is 0.0351 e. The van der Waals surface area contributed by atoms with E-state index in [2.05, 4.69) is 30.8 Å². The molecule has 1 rings (SSSR count). The van der Waals surface area contributed by atoms with E-state index in [1.165, 1.54) is 32.4 Å². The van der Waals surface area contributed by atoms with Crippen LogP contribution in [0.2, 0.25) is 0 Å². The molecule has 0 N–H and O–H groups in total. The van der Waals surface area contributed by atoms with Gasteiger partial charge in [0.2, 0.25) is 0 Å². The lowest BCUT2D eigenvalue weighted by Gasteiger charge is -2.25. The summed E-state index contributed by atoms with van der Waals surface area (Å²) in [5.74, 6) is 2.17. The van der Waals surface area contributed by atoms with Crippen molar-refractivity contribution < 1.29 is 0 Å². The topological polar surface area (TPSA) is 6.48 Å². The minimum Gasteiger partial charge on any atom is -0.309 e. The molecule has 0 aliphatic carbocycles. The molecular formula is C13H28Cl2N2. The van der Waals surface area contributed by atoms with E-state index in [-0.39, 0.29) is 0 Å². The van der Waals surface area contributed by atoms with Gasteiger partial charge in [0.1, 0.15) is 0 Å². The van der Waals surface area contributed by atoms with Crippen LogP contribution in [0.1, 0.15) is 26.2 Å². The van der Waals surface area contributed by atoms with Crippen LogP contribution in [0.5, 0.6) is 0 Å². The second-order valence-electron chi connectivity index (χ2n) is 5.11. The van der Waals surface area contributed by atoms with Gasteiger partial charge in [0.15, 0.2) is 0 Å². The predicted octanol–water partition coefficient (Wildman–Crippen LogP) is 3.13. The fourth-order valence-corrected chi connectivity index (χ4v) is 2.31. The molecule has 0 radical (unpaired) electrons. The van der Waals surface area contributed by atoms with Crippen molar-refractivity contribution in [3.05, 3.63) is 0 Å². The molecule has 0 aromatic carbocycles. The summed E-state index contributed by atoms with van der Waals surface area (Å²) >= 11 is 11.2. The number of nitrogens with zero attached hydrogens (tertiary/aromatic N) is 2. The molecule has 1 atom stereocenters. The van der Waals surface area contributed by atoms with E-state index in [0.717, 1.165) is 24.8 Å². The van der Waals surface area contributed by atoms with Crippen LogP contribution in [-0.4, -0.2) is 61.8 Å². The number of piperidine rings is 1. The van der Waals surface area contributed by atoms with Crippen molar-refractivity contribution in [2.75, 3.05) is 52.0 Å². The first-order valence-electron chi connectivity index (χ1n) is 6.59. The summed E-state index contributed by atoms with van der Waals surface area (Å²) in [7, 11) is 4.12. The summed E-state index contributed by atoms with van der Waals surface area (Å²) in [5, 5.41) is 0. The van der Waals surface area contributed by atoms with Gasteiger partial charge in [0.05, 0.1) is 0 Å². The minimum absolute atomic E-state index is 0.617.